The van der Waals surface area contributed by atoms with Crippen molar-refractivity contribution in [3.05, 3.63) is 35.9 Å². The largest absolute Gasteiger partial charge is 0.389 e. The fourth-order valence-electron chi connectivity index (χ4n) is 10.1. The predicted octanol–water partition coefficient (Wildman–Crippen LogP) is 5.53. The Bertz CT molecular complexity index is 952. The number of benzene rings is 1. The van der Waals surface area contributed by atoms with Crippen LogP contribution in [0.3, 0.4) is 0 Å². The van der Waals surface area contributed by atoms with Gasteiger partial charge >= 0.3 is 0 Å². The van der Waals surface area contributed by atoms with Crippen molar-refractivity contribution >= 4 is 0 Å². The van der Waals surface area contributed by atoms with Gasteiger partial charge in [-0.15, -0.1) is 0 Å². The van der Waals surface area contributed by atoms with Crippen LogP contribution in [0.5, 0.6) is 0 Å². The van der Waals surface area contributed by atoms with Crippen LogP contribution in [0.1, 0.15) is 90.0 Å². The predicted molar refractivity (Wildman–Crippen MR) is 150 cm³/mol. The van der Waals surface area contributed by atoms with Crippen LogP contribution < -0.4 is 0 Å². The number of hydrogen-bond acceptors (Lipinski definition) is 5. The molecule has 2 N–H and O–H groups in total. The van der Waals surface area contributed by atoms with Crippen molar-refractivity contribution in [2.24, 2.45) is 28.6 Å². The molecule has 1 saturated heterocycles. The lowest BCUT2D eigenvalue weighted by Crippen LogP contribution is -2.64. The second-order valence-corrected chi connectivity index (χ2v) is 13.9. The lowest BCUT2D eigenvalue weighted by Gasteiger charge is -2.64. The third kappa shape index (κ3) is 4.31. The van der Waals surface area contributed by atoms with Gasteiger partial charge in [-0.2, -0.15) is 0 Å². The molecule has 5 nitrogen and oxygen atoms in total. The molecule has 5 fully saturated rings. The number of hydrogen-bond donors (Lipinski definition) is 2. The zero-order valence-corrected chi connectivity index (χ0v) is 23.9. The molecule has 1 aliphatic heterocycles. The van der Waals surface area contributed by atoms with Crippen molar-refractivity contribution in [3.63, 3.8) is 0 Å². The van der Waals surface area contributed by atoms with E-state index in [0.717, 1.165) is 50.8 Å². The van der Waals surface area contributed by atoms with Crippen LogP contribution in [-0.2, 0) is 15.1 Å². The number of aliphatic hydroxyl groups is 2. The molecule has 3 unspecified atom stereocenters. The molecule has 6 rings (SSSR count). The van der Waals surface area contributed by atoms with E-state index < -0.39 is 16.6 Å². The fraction of sp³-hybridized carbons (Fsp3) is 0.818. The summed E-state index contributed by atoms with van der Waals surface area (Å²) in [7, 11) is 0. The van der Waals surface area contributed by atoms with Gasteiger partial charge in [0.1, 0.15) is 0 Å². The van der Waals surface area contributed by atoms with E-state index in [-0.39, 0.29) is 11.3 Å². The summed E-state index contributed by atoms with van der Waals surface area (Å²) in [5.74, 6) is 1.48. The number of ether oxygens (including phenoxy) is 2. The van der Waals surface area contributed by atoms with Crippen LogP contribution in [0.4, 0.5) is 0 Å². The highest BCUT2D eigenvalue weighted by atomic mass is 16.5. The van der Waals surface area contributed by atoms with E-state index in [0.29, 0.717) is 44.0 Å². The van der Waals surface area contributed by atoms with E-state index in [1.54, 1.807) is 0 Å². The SMILES string of the molecule is C[C@]12CCC(OCCOCCN3CCCC3)CC1CC[C@@H]1[C@H]2CC[C@]2(C)C(O)(c3ccccc3)CC[C@@]12O. The van der Waals surface area contributed by atoms with Crippen molar-refractivity contribution < 1.29 is 19.7 Å². The smallest absolute Gasteiger partial charge is 0.0978 e. The molecular weight excluding hydrogens is 474 g/mol. The Morgan fingerprint density at radius 3 is 2.42 bits per heavy atom. The second kappa shape index (κ2) is 10.4. The van der Waals surface area contributed by atoms with Gasteiger partial charge < -0.3 is 24.6 Å². The van der Waals surface area contributed by atoms with Gasteiger partial charge in [-0.25, -0.2) is 0 Å². The highest BCUT2D eigenvalue weighted by Gasteiger charge is 2.72. The van der Waals surface area contributed by atoms with Crippen LogP contribution in [0.2, 0.25) is 0 Å². The average Bonchev–Trinajstić information content (AvgIpc) is 3.52. The van der Waals surface area contributed by atoms with Crippen LogP contribution in [0.25, 0.3) is 0 Å². The van der Waals surface area contributed by atoms with Crippen molar-refractivity contribution in [1.29, 1.82) is 0 Å². The molecule has 4 aliphatic carbocycles. The summed E-state index contributed by atoms with van der Waals surface area (Å²) < 4.78 is 12.2. The van der Waals surface area contributed by atoms with Crippen molar-refractivity contribution in [2.75, 3.05) is 39.5 Å². The van der Waals surface area contributed by atoms with Crippen LogP contribution in [0, 0.1) is 28.6 Å². The molecule has 1 heterocycles. The molecule has 4 saturated carbocycles. The quantitative estimate of drug-likeness (QED) is 0.437. The Morgan fingerprint density at radius 2 is 1.63 bits per heavy atom. The average molecular weight is 526 g/mol. The van der Waals surface area contributed by atoms with Crippen LogP contribution >= 0.6 is 0 Å². The van der Waals surface area contributed by atoms with E-state index in [9.17, 15) is 10.2 Å². The third-order valence-corrected chi connectivity index (χ3v) is 12.5. The minimum Gasteiger partial charge on any atom is -0.389 e. The molecule has 5 heteroatoms. The fourth-order valence-corrected chi connectivity index (χ4v) is 10.1. The van der Waals surface area contributed by atoms with Crippen molar-refractivity contribution in [3.8, 4) is 0 Å². The first-order valence-corrected chi connectivity index (χ1v) is 15.7. The molecule has 0 spiro atoms. The zero-order chi connectivity index (χ0) is 26.4. The topological polar surface area (TPSA) is 62.2 Å². The summed E-state index contributed by atoms with van der Waals surface area (Å²) in [4.78, 5) is 2.50. The van der Waals surface area contributed by atoms with Crippen LogP contribution in [0.15, 0.2) is 30.3 Å². The molecule has 0 radical (unpaired) electrons. The Labute approximate surface area is 230 Å². The second-order valence-electron chi connectivity index (χ2n) is 13.9. The molecule has 8 atom stereocenters. The first kappa shape index (κ1) is 27.2. The Hall–Kier alpha value is -0.980. The molecule has 1 aromatic rings. The van der Waals surface area contributed by atoms with Gasteiger partial charge in [0.05, 0.1) is 37.1 Å². The summed E-state index contributed by atoms with van der Waals surface area (Å²) in [6.07, 6.45) is 12.1. The van der Waals surface area contributed by atoms with Gasteiger partial charge in [-0.3, -0.25) is 0 Å². The lowest BCUT2D eigenvalue weighted by molar-refractivity contribution is -0.239. The van der Waals surface area contributed by atoms with Gasteiger partial charge in [-0.1, -0.05) is 44.2 Å². The Balaban J connectivity index is 1.06. The third-order valence-electron chi connectivity index (χ3n) is 12.5. The maximum Gasteiger partial charge on any atom is 0.0978 e. The van der Waals surface area contributed by atoms with E-state index in [1.165, 1.54) is 38.8 Å². The number of fused-ring (bicyclic) bond motifs is 5. The summed E-state index contributed by atoms with van der Waals surface area (Å²) in [5, 5.41) is 24.6. The molecular formula is C33H51NO4. The Kier molecular flexibility index (Phi) is 7.48. The molecule has 1 aromatic carbocycles. The van der Waals surface area contributed by atoms with E-state index >= 15 is 0 Å². The zero-order valence-electron chi connectivity index (χ0n) is 23.9. The minimum absolute atomic E-state index is 0.263. The van der Waals surface area contributed by atoms with Crippen LogP contribution in [-0.4, -0.2) is 66.3 Å². The molecule has 5 aliphatic rings. The molecule has 0 aromatic heterocycles. The first-order valence-electron chi connectivity index (χ1n) is 15.7. The monoisotopic (exact) mass is 525 g/mol. The first-order chi connectivity index (χ1) is 18.3. The van der Waals surface area contributed by atoms with Gasteiger partial charge in [0.15, 0.2) is 0 Å². The summed E-state index contributed by atoms with van der Waals surface area (Å²) in [6.45, 7) is 10.5. The molecule has 212 valence electrons. The normalized spacial score (nSPS) is 44.9. The molecule has 0 amide bonds. The summed E-state index contributed by atoms with van der Waals surface area (Å²) in [5.41, 5.74) is -1.00. The summed E-state index contributed by atoms with van der Waals surface area (Å²) >= 11 is 0. The molecule has 38 heavy (non-hydrogen) atoms. The van der Waals surface area contributed by atoms with Gasteiger partial charge in [0.25, 0.3) is 0 Å². The van der Waals surface area contributed by atoms with Gasteiger partial charge in [0.2, 0.25) is 0 Å². The van der Waals surface area contributed by atoms with E-state index in [1.807, 2.05) is 18.2 Å². The van der Waals surface area contributed by atoms with Gasteiger partial charge in [0, 0.05) is 12.0 Å². The van der Waals surface area contributed by atoms with E-state index in [4.69, 9.17) is 9.47 Å². The van der Waals surface area contributed by atoms with E-state index in [2.05, 4.69) is 30.9 Å². The standard InChI is InChI=1S/C33H51NO4/c1-30-14-12-27(38-23-22-37-21-20-34-18-6-7-19-34)24-26(30)10-11-29-28(30)13-15-31(2)32(35,16-17-33(29,31)36)25-8-4-3-5-9-25/h3-5,8-9,26-29,35-36H,6-7,10-24H2,1-2H3/t26?,27?,28-,29-,30+,31-,32?,33-/m1/s1. The highest BCUT2D eigenvalue weighted by molar-refractivity contribution is 5.32. The maximum atomic E-state index is 12.5. The minimum atomic E-state index is -0.951. The van der Waals surface area contributed by atoms with Crippen molar-refractivity contribution in [1.82, 2.24) is 4.90 Å². The number of nitrogens with zero attached hydrogens (tertiary/aromatic N) is 1. The Morgan fingerprint density at radius 1 is 0.842 bits per heavy atom. The van der Waals surface area contributed by atoms with Gasteiger partial charge in [-0.05, 0) is 112 Å². The number of likely N-dealkylation sites (tertiary alicyclic amines) is 1. The summed E-state index contributed by atoms with van der Waals surface area (Å²) in [6, 6.07) is 10.2. The number of rotatable bonds is 8. The van der Waals surface area contributed by atoms with Crippen molar-refractivity contribution in [2.45, 2.75) is 102 Å². The molecule has 0 bridgehead atoms. The lowest BCUT2D eigenvalue weighted by atomic mass is 9.43. The highest BCUT2D eigenvalue weighted by Crippen LogP contribution is 2.71. The maximum absolute atomic E-state index is 12.5.